The zero-order chi connectivity index (χ0) is 13.7. The van der Waals surface area contributed by atoms with Gasteiger partial charge in [0.05, 0.1) is 14.2 Å². The van der Waals surface area contributed by atoms with Gasteiger partial charge >= 0.3 is 0 Å². The van der Waals surface area contributed by atoms with E-state index in [9.17, 15) is 0 Å². The highest BCUT2D eigenvalue weighted by molar-refractivity contribution is 5.40. The predicted octanol–water partition coefficient (Wildman–Crippen LogP) is 1.96. The number of rotatable bonds is 8. The maximum Gasteiger partial charge on any atom is 0.123 e. The molecule has 0 aromatic heterocycles. The molecule has 4 heteroatoms. The number of nitrogens with one attached hydrogen (secondary N) is 1. The van der Waals surface area contributed by atoms with Gasteiger partial charge in [0, 0.05) is 25.3 Å². The van der Waals surface area contributed by atoms with Gasteiger partial charge in [-0.15, -0.1) is 0 Å². The van der Waals surface area contributed by atoms with Crippen molar-refractivity contribution in [2.75, 3.05) is 27.4 Å². The van der Waals surface area contributed by atoms with Gasteiger partial charge in [0.15, 0.2) is 0 Å². The summed E-state index contributed by atoms with van der Waals surface area (Å²) in [4.78, 5) is 0. The summed E-state index contributed by atoms with van der Waals surface area (Å²) in [6, 6.07) is 5.82. The summed E-state index contributed by atoms with van der Waals surface area (Å²) in [6.45, 7) is 1.99. The highest BCUT2D eigenvalue weighted by Crippen LogP contribution is 2.47. The van der Waals surface area contributed by atoms with E-state index in [1.54, 1.807) is 14.2 Å². The Morgan fingerprint density at radius 1 is 1.26 bits per heavy atom. The summed E-state index contributed by atoms with van der Waals surface area (Å²) >= 11 is 0. The van der Waals surface area contributed by atoms with Crippen LogP contribution < -0.4 is 14.8 Å². The molecule has 0 bridgehead atoms. The van der Waals surface area contributed by atoms with Gasteiger partial charge < -0.3 is 19.9 Å². The molecule has 0 aliphatic heterocycles. The van der Waals surface area contributed by atoms with Crippen LogP contribution in [0.3, 0.4) is 0 Å². The molecule has 106 valence electrons. The van der Waals surface area contributed by atoms with Crippen molar-refractivity contribution < 1.29 is 14.6 Å². The second-order valence-electron chi connectivity index (χ2n) is 5.25. The lowest BCUT2D eigenvalue weighted by Gasteiger charge is -2.16. The summed E-state index contributed by atoms with van der Waals surface area (Å²) in [5.74, 6) is 1.72. The van der Waals surface area contributed by atoms with E-state index in [0.29, 0.717) is 5.41 Å². The van der Waals surface area contributed by atoms with Crippen LogP contribution in [0.15, 0.2) is 18.2 Å². The maximum atomic E-state index is 9.04. The van der Waals surface area contributed by atoms with Crippen molar-refractivity contribution in [3.05, 3.63) is 23.8 Å². The first kappa shape index (κ1) is 14.2. The Labute approximate surface area is 114 Å². The van der Waals surface area contributed by atoms with Crippen molar-refractivity contribution >= 4 is 0 Å². The van der Waals surface area contributed by atoms with E-state index in [0.717, 1.165) is 36.6 Å². The Morgan fingerprint density at radius 2 is 2.05 bits per heavy atom. The number of methoxy groups -OCH3 is 2. The summed E-state index contributed by atoms with van der Waals surface area (Å²) < 4.78 is 10.6. The number of benzene rings is 1. The molecule has 0 saturated heterocycles. The van der Waals surface area contributed by atoms with E-state index >= 15 is 0 Å². The molecule has 2 N–H and O–H groups in total. The molecule has 0 atom stereocenters. The fourth-order valence-corrected chi connectivity index (χ4v) is 2.41. The Morgan fingerprint density at radius 3 is 2.63 bits per heavy atom. The molecule has 0 heterocycles. The highest BCUT2D eigenvalue weighted by Gasteiger charge is 2.41. The first-order valence-electron chi connectivity index (χ1n) is 6.75. The second kappa shape index (κ2) is 6.26. The minimum absolute atomic E-state index is 0.282. The summed E-state index contributed by atoms with van der Waals surface area (Å²) in [6.07, 6.45) is 3.33. The Kier molecular flexibility index (Phi) is 4.66. The fourth-order valence-electron chi connectivity index (χ4n) is 2.41. The fraction of sp³-hybridized carbons (Fsp3) is 0.600. The number of aliphatic hydroxyl groups excluding tert-OH is 1. The topological polar surface area (TPSA) is 50.7 Å². The second-order valence-corrected chi connectivity index (χ2v) is 5.25. The zero-order valence-corrected chi connectivity index (χ0v) is 11.7. The van der Waals surface area contributed by atoms with Gasteiger partial charge in [-0.05, 0) is 42.9 Å². The highest BCUT2D eigenvalue weighted by atomic mass is 16.5. The van der Waals surface area contributed by atoms with Crippen molar-refractivity contribution in [2.45, 2.75) is 25.8 Å². The lowest BCUT2D eigenvalue weighted by Crippen LogP contribution is -2.24. The van der Waals surface area contributed by atoms with Gasteiger partial charge in [0.1, 0.15) is 11.5 Å². The third-order valence-electron chi connectivity index (χ3n) is 3.90. The molecular weight excluding hydrogens is 242 g/mol. The van der Waals surface area contributed by atoms with Gasteiger partial charge in [-0.1, -0.05) is 0 Å². The third kappa shape index (κ3) is 3.61. The van der Waals surface area contributed by atoms with Crippen LogP contribution in [0.5, 0.6) is 11.5 Å². The number of aliphatic hydroxyl groups is 1. The number of hydrogen-bond acceptors (Lipinski definition) is 4. The third-order valence-corrected chi connectivity index (χ3v) is 3.90. The zero-order valence-electron chi connectivity index (χ0n) is 11.7. The van der Waals surface area contributed by atoms with Crippen LogP contribution in [0.25, 0.3) is 0 Å². The molecule has 0 radical (unpaired) electrons. The van der Waals surface area contributed by atoms with Crippen molar-refractivity contribution in [1.29, 1.82) is 0 Å². The minimum Gasteiger partial charge on any atom is -0.497 e. The minimum atomic E-state index is 0.282. The van der Waals surface area contributed by atoms with Crippen LogP contribution in [0.1, 0.15) is 24.8 Å². The largest absolute Gasteiger partial charge is 0.497 e. The smallest absolute Gasteiger partial charge is 0.123 e. The maximum absolute atomic E-state index is 9.04. The molecule has 1 aromatic rings. The van der Waals surface area contributed by atoms with E-state index in [2.05, 4.69) is 5.32 Å². The van der Waals surface area contributed by atoms with Crippen LogP contribution in [-0.4, -0.2) is 32.5 Å². The SMILES string of the molecule is COc1ccc(OC)c(CNCC2(CCO)CC2)c1. The number of hydrogen-bond donors (Lipinski definition) is 2. The average molecular weight is 265 g/mol. The van der Waals surface area contributed by atoms with Crippen molar-refractivity contribution in [3.63, 3.8) is 0 Å². The molecule has 1 fully saturated rings. The first-order chi connectivity index (χ1) is 9.23. The Balaban J connectivity index is 1.91. The normalized spacial score (nSPS) is 16.2. The monoisotopic (exact) mass is 265 g/mol. The van der Waals surface area contributed by atoms with Gasteiger partial charge in [-0.2, -0.15) is 0 Å². The van der Waals surface area contributed by atoms with Gasteiger partial charge in [0.2, 0.25) is 0 Å². The van der Waals surface area contributed by atoms with Gasteiger partial charge in [-0.25, -0.2) is 0 Å². The molecular formula is C15H23NO3. The van der Waals surface area contributed by atoms with Crippen LogP contribution in [0.2, 0.25) is 0 Å². The van der Waals surface area contributed by atoms with Crippen LogP contribution >= 0.6 is 0 Å². The molecule has 0 amide bonds. The molecule has 2 rings (SSSR count). The van der Waals surface area contributed by atoms with E-state index < -0.39 is 0 Å². The van der Waals surface area contributed by atoms with E-state index in [-0.39, 0.29) is 6.61 Å². The average Bonchev–Trinajstić information content (AvgIpc) is 3.19. The molecule has 1 aliphatic carbocycles. The van der Waals surface area contributed by atoms with Crippen molar-refractivity contribution in [2.24, 2.45) is 5.41 Å². The number of ether oxygens (including phenoxy) is 2. The molecule has 1 aromatic carbocycles. The van der Waals surface area contributed by atoms with Crippen LogP contribution in [0.4, 0.5) is 0 Å². The van der Waals surface area contributed by atoms with Gasteiger partial charge in [0.25, 0.3) is 0 Å². The van der Waals surface area contributed by atoms with E-state index in [4.69, 9.17) is 14.6 Å². The molecule has 1 saturated carbocycles. The Hall–Kier alpha value is -1.26. The lowest BCUT2D eigenvalue weighted by atomic mass is 10.0. The van der Waals surface area contributed by atoms with E-state index in [1.807, 2.05) is 18.2 Å². The Bertz CT molecular complexity index is 416. The molecule has 4 nitrogen and oxygen atoms in total. The quantitative estimate of drug-likeness (QED) is 0.754. The van der Waals surface area contributed by atoms with Crippen molar-refractivity contribution in [3.8, 4) is 11.5 Å². The predicted molar refractivity (Wildman–Crippen MR) is 74.6 cm³/mol. The van der Waals surface area contributed by atoms with Crippen LogP contribution in [-0.2, 0) is 6.54 Å². The molecule has 0 unspecified atom stereocenters. The summed E-state index contributed by atoms with van der Waals surface area (Å²) in [5.41, 5.74) is 1.43. The first-order valence-corrected chi connectivity index (χ1v) is 6.75. The molecule has 19 heavy (non-hydrogen) atoms. The van der Waals surface area contributed by atoms with Gasteiger partial charge in [-0.3, -0.25) is 0 Å². The van der Waals surface area contributed by atoms with Crippen molar-refractivity contribution in [1.82, 2.24) is 5.32 Å². The molecule has 0 spiro atoms. The molecule has 1 aliphatic rings. The summed E-state index contributed by atoms with van der Waals surface area (Å²) in [5, 5.41) is 12.5. The lowest BCUT2D eigenvalue weighted by molar-refractivity contribution is 0.245. The van der Waals surface area contributed by atoms with Crippen LogP contribution in [0, 0.1) is 5.41 Å². The van der Waals surface area contributed by atoms with E-state index in [1.165, 1.54) is 12.8 Å². The standard InChI is InChI=1S/C15H23NO3/c1-18-13-3-4-14(19-2)12(9-13)10-16-11-15(5-6-15)7-8-17/h3-4,9,16-17H,5-8,10-11H2,1-2H3. The summed E-state index contributed by atoms with van der Waals surface area (Å²) in [7, 11) is 3.35.